The standard InChI is InChI=1S/2C25H40NSi.C24H38NSi.C22H34NSi/c1-11-19(12-2)22-17-26(7)23(16-24(22)27(8,9)10)21-15-20(25(4,5)6)14-13-18(21)3;1-10-21(11-2)23-17-26(6)24(16-25(23)27(7,8)9)22-15-20(14-18(3)4)13-12-19(22)5;1-10-19(11-2)22-16-25(6)23(15-24(22)26(7,8)9)21-14-20(17(3)4)13-12-18(21)5;1-9-18(10-2)20-15-23(5)21(14-22(20)24(6,7)8)19-13-16(3)11-12-17(19)4/h13-17,19H,11-12H2,1-10H3;12-13,15-18,21H,10-11,14H2,1-9H3;12-17,19H,10-11H2,1-9H3;11-15,18H,9-10H2,1-8H3/q4*+1. The first-order chi connectivity index (χ1) is 48.3. The average Bonchev–Trinajstić information content (AvgIpc) is 0.789. The van der Waals surface area contributed by atoms with E-state index in [1.807, 2.05) is 0 Å². The highest BCUT2D eigenvalue weighted by Crippen LogP contribution is 2.35. The lowest BCUT2D eigenvalue weighted by Crippen LogP contribution is -2.45. The van der Waals surface area contributed by atoms with Gasteiger partial charge in [0.25, 0.3) is 0 Å². The summed E-state index contributed by atoms with van der Waals surface area (Å²) in [5.41, 5.74) is 28.5. The van der Waals surface area contributed by atoms with Gasteiger partial charge in [0.05, 0.1) is 32.3 Å². The molecule has 0 spiro atoms. The van der Waals surface area contributed by atoms with Crippen molar-refractivity contribution in [1.29, 1.82) is 0 Å². The third-order valence-electron chi connectivity index (χ3n) is 22.6. The molecule has 568 valence electrons. The van der Waals surface area contributed by atoms with E-state index in [1.54, 1.807) is 43.0 Å². The first-order valence-electron chi connectivity index (χ1n) is 40.8. The first kappa shape index (κ1) is 89.0. The van der Waals surface area contributed by atoms with Crippen LogP contribution in [0.4, 0.5) is 0 Å². The van der Waals surface area contributed by atoms with Gasteiger partial charge in [-0.3, -0.25) is 0 Å². The van der Waals surface area contributed by atoms with E-state index in [0.29, 0.717) is 35.5 Å². The number of rotatable bonds is 23. The molecule has 0 unspecified atom stereocenters. The Morgan fingerprint density at radius 3 is 0.875 bits per heavy atom. The lowest BCUT2D eigenvalue weighted by Gasteiger charge is -2.25. The molecule has 4 aromatic heterocycles. The molecule has 8 heteroatoms. The van der Waals surface area contributed by atoms with Crippen LogP contribution < -0.4 is 39.0 Å². The van der Waals surface area contributed by atoms with E-state index in [-0.39, 0.29) is 5.41 Å². The molecule has 8 rings (SSSR count). The molecule has 0 saturated carbocycles. The summed E-state index contributed by atoms with van der Waals surface area (Å²) >= 11 is 0. The monoisotopic (exact) mass is 1470 g/mol. The van der Waals surface area contributed by atoms with Gasteiger partial charge < -0.3 is 0 Å². The molecule has 0 N–H and O–H groups in total. The molecule has 8 aromatic rings. The van der Waals surface area contributed by atoms with E-state index < -0.39 is 32.3 Å². The fourth-order valence-electron chi connectivity index (χ4n) is 15.8. The number of pyridine rings is 4. The van der Waals surface area contributed by atoms with Crippen molar-refractivity contribution in [2.75, 3.05) is 0 Å². The number of aryl methyl sites for hydroxylation is 9. The highest BCUT2D eigenvalue weighted by Gasteiger charge is 2.34. The molecule has 0 radical (unpaired) electrons. The van der Waals surface area contributed by atoms with Crippen LogP contribution in [-0.4, -0.2) is 32.3 Å². The molecule has 0 aliphatic heterocycles. The summed E-state index contributed by atoms with van der Waals surface area (Å²) in [7, 11) is 3.17. The Kier molecular flexibility index (Phi) is 32.0. The number of aromatic nitrogens is 4. The Morgan fingerprint density at radius 2 is 0.596 bits per heavy atom. The second-order valence-corrected chi connectivity index (χ2v) is 57.3. The highest BCUT2D eigenvalue weighted by molar-refractivity contribution is 6.90. The third kappa shape index (κ3) is 22.7. The van der Waals surface area contributed by atoms with E-state index >= 15 is 0 Å². The summed E-state index contributed by atoms with van der Waals surface area (Å²) < 4.78 is 9.45. The molecule has 4 heterocycles. The number of hydrogen-bond donors (Lipinski definition) is 0. The zero-order chi connectivity index (χ0) is 78.6. The molecule has 0 saturated heterocycles. The lowest BCUT2D eigenvalue weighted by atomic mass is 9.84. The zero-order valence-electron chi connectivity index (χ0n) is 73.7. The maximum atomic E-state index is 2.53. The highest BCUT2D eigenvalue weighted by atomic mass is 28.3. The van der Waals surface area contributed by atoms with Crippen LogP contribution in [0.25, 0.3) is 45.0 Å². The summed E-state index contributed by atoms with van der Waals surface area (Å²) in [5, 5.41) is 6.53. The molecule has 0 atom stereocenters. The summed E-state index contributed by atoms with van der Waals surface area (Å²) in [5.74, 6) is 3.91. The van der Waals surface area contributed by atoms with Crippen molar-refractivity contribution < 1.29 is 18.3 Å². The molecule has 0 fully saturated rings. The van der Waals surface area contributed by atoms with Gasteiger partial charge >= 0.3 is 0 Å². The molecule has 104 heavy (non-hydrogen) atoms. The normalized spacial score (nSPS) is 12.3. The van der Waals surface area contributed by atoms with Gasteiger partial charge in [0.1, 0.15) is 28.2 Å². The fraction of sp³-hybridized carbons (Fsp3) is 0.542. The average molecular weight is 1470 g/mol. The molecular formula is C96H152N4Si4+4. The van der Waals surface area contributed by atoms with Crippen LogP contribution >= 0.6 is 0 Å². The van der Waals surface area contributed by atoms with Crippen molar-refractivity contribution in [1.82, 2.24) is 0 Å². The zero-order valence-corrected chi connectivity index (χ0v) is 77.7. The maximum Gasteiger partial charge on any atom is 0.212 e. The van der Waals surface area contributed by atoms with Crippen molar-refractivity contribution in [3.8, 4) is 45.0 Å². The Bertz CT molecular complexity index is 4140. The van der Waals surface area contributed by atoms with Crippen LogP contribution in [-0.2, 0) is 40.0 Å². The Morgan fingerprint density at radius 1 is 0.327 bits per heavy atom. The quantitative estimate of drug-likeness (QED) is 0.0448. The lowest BCUT2D eigenvalue weighted by molar-refractivity contribution is -0.660. The third-order valence-corrected chi connectivity index (χ3v) is 30.8. The molecule has 4 nitrogen and oxygen atoms in total. The number of hydrogen-bond acceptors (Lipinski definition) is 0. The van der Waals surface area contributed by atoms with Gasteiger partial charge in [-0.25, -0.2) is 18.3 Å². The predicted molar refractivity (Wildman–Crippen MR) is 472 cm³/mol. The molecule has 0 aliphatic rings. The van der Waals surface area contributed by atoms with Crippen LogP contribution in [0.2, 0.25) is 78.6 Å². The Labute approximate surface area is 644 Å². The Balaban J connectivity index is 0.000000249. The summed E-state index contributed by atoms with van der Waals surface area (Å²) in [4.78, 5) is 0. The predicted octanol–water partition coefficient (Wildman–Crippen LogP) is 23.7. The minimum atomic E-state index is -1.44. The number of nitrogens with zero attached hydrogens (tertiary/aromatic N) is 4. The minimum absolute atomic E-state index is 0.165. The van der Waals surface area contributed by atoms with Crippen molar-refractivity contribution in [2.24, 2.45) is 34.1 Å². The van der Waals surface area contributed by atoms with Crippen LogP contribution in [0.3, 0.4) is 0 Å². The first-order valence-corrected chi connectivity index (χ1v) is 54.8. The van der Waals surface area contributed by atoms with Crippen LogP contribution in [0, 0.1) is 40.5 Å². The molecule has 0 amide bonds. The van der Waals surface area contributed by atoms with E-state index in [2.05, 4.69) is 385 Å². The van der Waals surface area contributed by atoms with Crippen molar-refractivity contribution >= 4 is 53.0 Å². The summed E-state index contributed by atoms with van der Waals surface area (Å²) in [6, 6.07) is 37.8. The van der Waals surface area contributed by atoms with Gasteiger partial charge in [-0.1, -0.05) is 237 Å². The topological polar surface area (TPSA) is 15.5 Å². The Hall–Kier alpha value is -5.65. The second-order valence-electron chi connectivity index (χ2n) is 37.2. The maximum absolute atomic E-state index is 2.53. The summed E-state index contributed by atoms with van der Waals surface area (Å²) in [6.07, 6.45) is 20.6. The SMILES string of the molecule is CCC(CC)c1c[n+](C)c(-c2cc(C(C)(C)C)ccc2C)cc1[Si](C)(C)C.CCC(CC)c1c[n+](C)c(-c2cc(C(C)C)ccc2C)cc1[Si](C)(C)C.CCC(CC)c1c[n+](C)c(-c2cc(C)ccc2C)cc1[Si](C)(C)C.CCC(CC)c1c[n+](C)c(-c2cc(CC(C)C)ccc2C)cc1[Si](C)(C)C. The van der Waals surface area contributed by atoms with Crippen molar-refractivity contribution in [3.05, 3.63) is 189 Å². The van der Waals surface area contributed by atoms with Crippen molar-refractivity contribution in [2.45, 2.75) is 310 Å². The molecule has 0 bridgehead atoms. The van der Waals surface area contributed by atoms with Gasteiger partial charge in [-0.2, -0.15) is 0 Å². The second kappa shape index (κ2) is 37.4. The number of benzene rings is 4. The summed E-state index contributed by atoms with van der Waals surface area (Å²) in [6.45, 7) is 75.5. The van der Waals surface area contributed by atoms with E-state index in [0.717, 1.165) is 6.42 Å². The van der Waals surface area contributed by atoms with Gasteiger partial charge in [0.2, 0.25) is 22.8 Å². The fourth-order valence-corrected chi connectivity index (χ4v) is 22.6. The van der Waals surface area contributed by atoms with Gasteiger partial charge in [-0.15, -0.1) is 0 Å². The van der Waals surface area contributed by atoms with E-state index in [9.17, 15) is 0 Å². The largest absolute Gasteiger partial charge is 0.212 e. The minimum Gasteiger partial charge on any atom is -0.201 e. The van der Waals surface area contributed by atoms with E-state index in [4.69, 9.17) is 0 Å². The molecule has 4 aromatic carbocycles. The molecule has 0 aliphatic carbocycles. The molecular weight excluding hydrogens is 1320 g/mol. The van der Waals surface area contributed by atoms with Gasteiger partial charge in [-0.05, 0) is 217 Å². The van der Waals surface area contributed by atoms with E-state index in [1.165, 1.54) is 141 Å². The smallest absolute Gasteiger partial charge is 0.201 e. The van der Waals surface area contributed by atoms with Crippen LogP contribution in [0.5, 0.6) is 0 Å². The van der Waals surface area contributed by atoms with Gasteiger partial charge in [0.15, 0.2) is 24.8 Å². The van der Waals surface area contributed by atoms with Crippen LogP contribution in [0.1, 0.15) is 252 Å². The van der Waals surface area contributed by atoms with Crippen LogP contribution in [0.15, 0.2) is 122 Å². The van der Waals surface area contributed by atoms with Crippen molar-refractivity contribution in [3.63, 3.8) is 0 Å². The van der Waals surface area contributed by atoms with Gasteiger partial charge in [0, 0.05) is 68.8 Å².